The molecule has 2 aliphatic rings. The van der Waals surface area contributed by atoms with Gasteiger partial charge < -0.3 is 0 Å². The fraction of sp³-hybridized carbons (Fsp3) is 0.667. The minimum absolute atomic E-state index is 0.0501. The van der Waals surface area contributed by atoms with Gasteiger partial charge in [-0.05, 0) is 99.2 Å². The van der Waals surface area contributed by atoms with Crippen LogP contribution in [0, 0.1) is 29.4 Å². The Labute approximate surface area is 170 Å². The highest BCUT2D eigenvalue weighted by molar-refractivity contribution is 5.30. The molecule has 0 atom stereocenters. The van der Waals surface area contributed by atoms with Crippen molar-refractivity contribution < 1.29 is 22.0 Å². The summed E-state index contributed by atoms with van der Waals surface area (Å²) in [6, 6.07) is 1.79. The predicted octanol–water partition coefficient (Wildman–Crippen LogP) is 8.42. The van der Waals surface area contributed by atoms with Crippen molar-refractivity contribution in [3.63, 3.8) is 0 Å². The summed E-state index contributed by atoms with van der Waals surface area (Å²) in [5.41, 5.74) is -1.41. The van der Waals surface area contributed by atoms with E-state index in [0.29, 0.717) is 23.3 Å². The molecule has 0 bridgehead atoms. The van der Waals surface area contributed by atoms with Crippen LogP contribution in [0.25, 0.3) is 0 Å². The van der Waals surface area contributed by atoms with Gasteiger partial charge in [-0.15, -0.1) is 0 Å². The number of hydrogen-bond donors (Lipinski definition) is 0. The normalized spacial score (nSPS) is 28.8. The zero-order valence-corrected chi connectivity index (χ0v) is 17.1. The van der Waals surface area contributed by atoms with E-state index in [2.05, 4.69) is 19.1 Å². The second-order valence-corrected chi connectivity index (χ2v) is 8.86. The van der Waals surface area contributed by atoms with Gasteiger partial charge in [-0.25, -0.2) is 8.78 Å². The van der Waals surface area contributed by atoms with Gasteiger partial charge in [0, 0.05) is 0 Å². The molecule has 0 aliphatic heterocycles. The highest BCUT2D eigenvalue weighted by Crippen LogP contribution is 2.45. The highest BCUT2D eigenvalue weighted by Gasteiger charge is 2.39. The molecule has 0 amide bonds. The second kappa shape index (κ2) is 9.61. The molecule has 3 rings (SSSR count). The second-order valence-electron chi connectivity index (χ2n) is 8.86. The SMILES string of the molecule is CCC/C=C/[C@H]1CC[C@H]([C@H]2CC[C@H](c3cc(F)c(C(F)(F)F)c(F)c3)CC2)CC1. The minimum Gasteiger partial charge on any atom is -0.206 e. The van der Waals surface area contributed by atoms with Crippen molar-refractivity contribution in [2.24, 2.45) is 17.8 Å². The Kier molecular flexibility index (Phi) is 7.39. The Bertz CT molecular complexity index is 667. The van der Waals surface area contributed by atoms with Crippen molar-refractivity contribution in [3.05, 3.63) is 47.0 Å². The van der Waals surface area contributed by atoms with Crippen molar-refractivity contribution in [3.8, 4) is 0 Å². The quantitative estimate of drug-likeness (QED) is 0.335. The van der Waals surface area contributed by atoms with Crippen LogP contribution in [0.5, 0.6) is 0 Å². The van der Waals surface area contributed by atoms with Crippen LogP contribution < -0.4 is 0 Å². The topological polar surface area (TPSA) is 0 Å². The largest absolute Gasteiger partial charge is 0.422 e. The third-order valence-electron chi connectivity index (χ3n) is 6.94. The summed E-state index contributed by atoms with van der Waals surface area (Å²) in [5, 5.41) is 0. The number of benzene rings is 1. The van der Waals surface area contributed by atoms with Gasteiger partial charge in [0.15, 0.2) is 0 Å². The van der Waals surface area contributed by atoms with Gasteiger partial charge >= 0.3 is 6.18 Å². The molecule has 0 heterocycles. The van der Waals surface area contributed by atoms with Gasteiger partial charge in [-0.1, -0.05) is 25.5 Å². The molecule has 2 saturated carbocycles. The Balaban J connectivity index is 1.54. The minimum atomic E-state index is -5.01. The van der Waals surface area contributed by atoms with Gasteiger partial charge in [0.05, 0.1) is 0 Å². The first-order valence-corrected chi connectivity index (χ1v) is 11.0. The first-order valence-electron chi connectivity index (χ1n) is 11.0. The summed E-state index contributed by atoms with van der Waals surface area (Å²) in [6.45, 7) is 2.19. The molecule has 1 aromatic carbocycles. The molecule has 2 fully saturated rings. The van der Waals surface area contributed by atoms with E-state index in [0.717, 1.165) is 44.2 Å². The molecule has 0 spiro atoms. The van der Waals surface area contributed by atoms with E-state index >= 15 is 0 Å². The standard InChI is InChI=1S/C24H31F5/c1-2-3-4-5-16-6-8-17(9-7-16)18-10-12-19(13-11-18)20-14-21(25)23(22(26)15-20)24(27,28)29/h4-5,14-19H,2-3,6-13H2,1H3/b5-4+/t16-,17-,18-,19-. The summed E-state index contributed by atoms with van der Waals surface area (Å²) in [5.74, 6) is -0.991. The van der Waals surface area contributed by atoms with E-state index in [-0.39, 0.29) is 5.92 Å². The number of rotatable bonds is 5. The molecule has 0 N–H and O–H groups in total. The lowest BCUT2D eigenvalue weighted by molar-refractivity contribution is -0.142. The zero-order valence-electron chi connectivity index (χ0n) is 17.1. The zero-order chi connectivity index (χ0) is 21.0. The fourth-order valence-corrected chi connectivity index (χ4v) is 5.29. The van der Waals surface area contributed by atoms with Crippen LogP contribution in [0.2, 0.25) is 0 Å². The maximum atomic E-state index is 13.9. The molecule has 29 heavy (non-hydrogen) atoms. The van der Waals surface area contributed by atoms with Crippen LogP contribution >= 0.6 is 0 Å². The Morgan fingerprint density at radius 2 is 1.38 bits per heavy atom. The fourth-order valence-electron chi connectivity index (χ4n) is 5.29. The lowest BCUT2D eigenvalue weighted by Gasteiger charge is -2.37. The van der Waals surface area contributed by atoms with E-state index < -0.39 is 23.4 Å². The molecule has 0 unspecified atom stereocenters. The maximum Gasteiger partial charge on any atom is 0.422 e. The molecule has 0 radical (unpaired) electrons. The van der Waals surface area contributed by atoms with Crippen LogP contribution in [-0.4, -0.2) is 0 Å². The third-order valence-corrected chi connectivity index (χ3v) is 6.94. The van der Waals surface area contributed by atoms with Crippen LogP contribution in [0.1, 0.15) is 88.2 Å². The van der Waals surface area contributed by atoms with Crippen molar-refractivity contribution in [2.75, 3.05) is 0 Å². The first-order chi connectivity index (χ1) is 13.8. The molecule has 162 valence electrons. The third kappa shape index (κ3) is 5.61. The highest BCUT2D eigenvalue weighted by atomic mass is 19.4. The van der Waals surface area contributed by atoms with Crippen LogP contribution in [-0.2, 0) is 6.18 Å². The van der Waals surface area contributed by atoms with Gasteiger partial charge in [-0.3, -0.25) is 0 Å². The lowest BCUT2D eigenvalue weighted by Crippen LogP contribution is -2.25. The summed E-state index contributed by atoms with van der Waals surface area (Å²) in [7, 11) is 0. The molecular formula is C24H31F5. The Morgan fingerprint density at radius 1 is 0.862 bits per heavy atom. The first kappa shape index (κ1) is 22.3. The van der Waals surface area contributed by atoms with Gasteiger partial charge in [0.1, 0.15) is 17.2 Å². The van der Waals surface area contributed by atoms with Crippen LogP contribution in [0.15, 0.2) is 24.3 Å². The van der Waals surface area contributed by atoms with E-state index in [4.69, 9.17) is 0 Å². The number of allylic oxidation sites excluding steroid dienone is 2. The summed E-state index contributed by atoms with van der Waals surface area (Å²) < 4.78 is 66.1. The van der Waals surface area contributed by atoms with Crippen molar-refractivity contribution in [1.29, 1.82) is 0 Å². The van der Waals surface area contributed by atoms with E-state index in [1.54, 1.807) is 0 Å². The molecular weight excluding hydrogens is 383 g/mol. The lowest BCUT2D eigenvalue weighted by atomic mass is 9.68. The van der Waals surface area contributed by atoms with Crippen LogP contribution in [0.4, 0.5) is 22.0 Å². The van der Waals surface area contributed by atoms with Crippen molar-refractivity contribution >= 4 is 0 Å². The predicted molar refractivity (Wildman–Crippen MR) is 106 cm³/mol. The molecule has 5 heteroatoms. The Morgan fingerprint density at radius 3 is 1.86 bits per heavy atom. The number of alkyl halides is 3. The molecule has 1 aromatic rings. The number of hydrogen-bond acceptors (Lipinski definition) is 0. The van der Waals surface area contributed by atoms with Gasteiger partial charge in [0.25, 0.3) is 0 Å². The van der Waals surface area contributed by atoms with Crippen LogP contribution in [0.3, 0.4) is 0 Å². The number of unbranched alkanes of at least 4 members (excludes halogenated alkanes) is 1. The smallest absolute Gasteiger partial charge is 0.206 e. The van der Waals surface area contributed by atoms with Crippen molar-refractivity contribution in [2.45, 2.75) is 83.2 Å². The molecule has 2 aliphatic carbocycles. The van der Waals surface area contributed by atoms with Gasteiger partial charge in [-0.2, -0.15) is 13.2 Å². The molecule has 0 nitrogen and oxygen atoms in total. The van der Waals surface area contributed by atoms with Crippen molar-refractivity contribution in [1.82, 2.24) is 0 Å². The monoisotopic (exact) mass is 414 g/mol. The van der Waals surface area contributed by atoms with E-state index in [9.17, 15) is 22.0 Å². The summed E-state index contributed by atoms with van der Waals surface area (Å²) in [6.07, 6.45) is 10.5. The summed E-state index contributed by atoms with van der Waals surface area (Å²) in [4.78, 5) is 0. The van der Waals surface area contributed by atoms with E-state index in [1.807, 2.05) is 0 Å². The average Bonchev–Trinajstić information content (AvgIpc) is 2.67. The average molecular weight is 415 g/mol. The molecule has 0 aromatic heterocycles. The maximum absolute atomic E-state index is 13.9. The van der Waals surface area contributed by atoms with E-state index in [1.165, 1.54) is 32.1 Å². The molecule has 0 saturated heterocycles. The Hall–Kier alpha value is -1.39. The van der Waals surface area contributed by atoms with Gasteiger partial charge in [0.2, 0.25) is 0 Å². The summed E-state index contributed by atoms with van der Waals surface area (Å²) >= 11 is 0. The number of halogens is 5.